The molecule has 0 spiro atoms. The number of aliphatic carboxylic acids is 1. The summed E-state index contributed by atoms with van der Waals surface area (Å²) in [4.78, 5) is 51.0. The lowest BCUT2D eigenvalue weighted by Gasteiger charge is -2.27. The lowest BCUT2D eigenvalue weighted by atomic mass is 9.88. The van der Waals surface area contributed by atoms with Gasteiger partial charge in [0.15, 0.2) is 35.4 Å². The number of hydrogen-bond acceptors (Lipinski definition) is 12. The predicted molar refractivity (Wildman–Crippen MR) is 178 cm³/mol. The number of carbonyl (C=O) groups is 4. The van der Waals surface area contributed by atoms with Crippen LogP contribution in [0.25, 0.3) is 0 Å². The molecular formula is C36H41NO13. The Hall–Kier alpha value is -5.66. The van der Waals surface area contributed by atoms with Crippen LogP contribution >= 0.6 is 0 Å². The van der Waals surface area contributed by atoms with Crippen LogP contribution in [0.4, 0.5) is 4.79 Å². The summed E-state index contributed by atoms with van der Waals surface area (Å²) in [5.74, 6) is -1.00. The number of carboxylic acids is 1. The molecule has 2 N–H and O–H groups in total. The summed E-state index contributed by atoms with van der Waals surface area (Å²) < 4.78 is 44.2. The maximum absolute atomic E-state index is 13.8. The first kappa shape index (κ1) is 37.2. The van der Waals surface area contributed by atoms with Crippen LogP contribution in [-0.4, -0.2) is 82.2 Å². The Balaban J connectivity index is 1.56. The molecule has 4 rings (SSSR count). The van der Waals surface area contributed by atoms with Gasteiger partial charge in [0.2, 0.25) is 5.75 Å². The number of hydrogen-bond donors (Lipinski definition) is 2. The van der Waals surface area contributed by atoms with E-state index in [-0.39, 0.29) is 53.8 Å². The third kappa shape index (κ3) is 9.27. The molecule has 1 heterocycles. The third-order valence-corrected chi connectivity index (χ3v) is 7.47. The van der Waals surface area contributed by atoms with Crippen molar-refractivity contribution in [2.45, 2.75) is 45.3 Å². The molecule has 1 unspecified atom stereocenters. The highest BCUT2D eigenvalue weighted by Crippen LogP contribution is 2.47. The fourth-order valence-electron chi connectivity index (χ4n) is 5.24. The van der Waals surface area contributed by atoms with Crippen LogP contribution in [-0.2, 0) is 27.2 Å². The van der Waals surface area contributed by atoms with Gasteiger partial charge in [0, 0.05) is 12.5 Å². The van der Waals surface area contributed by atoms with Crippen molar-refractivity contribution in [2.24, 2.45) is 5.92 Å². The zero-order valence-electron chi connectivity index (χ0n) is 28.9. The standard InChI is InChI=1S/C36H41NO13/c1-36(2,3)50-35(42)37-24(15-20-8-11-23(12-9-20)47-19-29(38)39)34(41)49-26-16-21(10-13-25(26)43-4)14-22-18-48-27-17-28(44-5)32(45-6)33(46-7)30(27)31(22)40/h8-13,16-17,22,24H,14-15,18-19H2,1-7H3,(H,37,42)(H,38,39)/t22?,24-/m0/s1. The van der Waals surface area contributed by atoms with Crippen molar-refractivity contribution >= 4 is 23.8 Å². The fraction of sp³-hybridized carbons (Fsp3) is 0.389. The average molecular weight is 696 g/mol. The molecule has 14 heteroatoms. The van der Waals surface area contributed by atoms with Crippen molar-refractivity contribution in [1.82, 2.24) is 5.32 Å². The predicted octanol–water partition coefficient (Wildman–Crippen LogP) is 4.66. The summed E-state index contributed by atoms with van der Waals surface area (Å²) in [5, 5.41) is 11.4. The van der Waals surface area contributed by atoms with Gasteiger partial charge in [-0.15, -0.1) is 0 Å². The van der Waals surface area contributed by atoms with Crippen molar-refractivity contribution in [3.8, 4) is 40.2 Å². The number of Topliss-reactive ketones (excluding diaryl/α,β-unsaturated/α-hetero) is 1. The number of amides is 1. The number of carbonyl (C=O) groups excluding carboxylic acids is 3. The van der Waals surface area contributed by atoms with E-state index in [4.69, 9.17) is 43.0 Å². The van der Waals surface area contributed by atoms with E-state index in [1.54, 1.807) is 69.3 Å². The van der Waals surface area contributed by atoms with Crippen LogP contribution in [0.3, 0.4) is 0 Å². The van der Waals surface area contributed by atoms with E-state index in [1.807, 2.05) is 0 Å². The highest BCUT2D eigenvalue weighted by Gasteiger charge is 2.36. The first-order chi connectivity index (χ1) is 23.8. The summed E-state index contributed by atoms with van der Waals surface area (Å²) in [7, 11) is 5.76. The minimum Gasteiger partial charge on any atom is -0.493 e. The van der Waals surface area contributed by atoms with E-state index < -0.39 is 42.2 Å². The molecule has 0 fully saturated rings. The van der Waals surface area contributed by atoms with Crippen LogP contribution < -0.4 is 38.5 Å². The molecule has 0 radical (unpaired) electrons. The molecule has 1 aliphatic rings. The summed E-state index contributed by atoms with van der Waals surface area (Å²) in [6.07, 6.45) is -0.606. The number of esters is 1. The second-order valence-electron chi connectivity index (χ2n) is 12.2. The molecule has 1 aliphatic heterocycles. The molecule has 268 valence electrons. The van der Waals surface area contributed by atoms with Gasteiger partial charge in [0.25, 0.3) is 0 Å². The number of fused-ring (bicyclic) bond motifs is 1. The quantitative estimate of drug-likeness (QED) is 0.176. The van der Waals surface area contributed by atoms with Crippen molar-refractivity contribution in [2.75, 3.05) is 41.7 Å². The summed E-state index contributed by atoms with van der Waals surface area (Å²) >= 11 is 0. The van der Waals surface area contributed by atoms with Gasteiger partial charge in [0.05, 0.1) is 41.0 Å². The van der Waals surface area contributed by atoms with E-state index in [0.717, 1.165) is 0 Å². The van der Waals surface area contributed by atoms with Gasteiger partial charge in [-0.05, 0) is 62.6 Å². The lowest BCUT2D eigenvalue weighted by Crippen LogP contribution is -2.46. The zero-order chi connectivity index (χ0) is 36.6. The maximum Gasteiger partial charge on any atom is 0.408 e. The zero-order valence-corrected chi connectivity index (χ0v) is 28.9. The molecular weight excluding hydrogens is 654 g/mol. The lowest BCUT2D eigenvalue weighted by molar-refractivity contribution is -0.139. The second kappa shape index (κ2) is 16.2. The average Bonchev–Trinajstić information content (AvgIpc) is 3.07. The summed E-state index contributed by atoms with van der Waals surface area (Å²) in [5.41, 5.74) is 0.666. The van der Waals surface area contributed by atoms with Crippen molar-refractivity contribution < 1.29 is 62.2 Å². The molecule has 14 nitrogen and oxygen atoms in total. The van der Waals surface area contributed by atoms with E-state index in [0.29, 0.717) is 28.4 Å². The Morgan fingerprint density at radius 2 is 1.54 bits per heavy atom. The Morgan fingerprint density at radius 3 is 2.14 bits per heavy atom. The molecule has 50 heavy (non-hydrogen) atoms. The second-order valence-corrected chi connectivity index (χ2v) is 12.2. The number of rotatable bonds is 14. The molecule has 3 aromatic carbocycles. The van der Waals surface area contributed by atoms with Gasteiger partial charge >= 0.3 is 18.0 Å². The molecule has 0 saturated carbocycles. The maximum atomic E-state index is 13.8. The number of carboxylic acid groups (broad SMARTS) is 1. The fourth-order valence-corrected chi connectivity index (χ4v) is 5.24. The number of ether oxygens (including phenoxy) is 8. The minimum atomic E-state index is -1.20. The van der Waals surface area contributed by atoms with E-state index in [1.165, 1.54) is 28.4 Å². The monoisotopic (exact) mass is 695 g/mol. The Kier molecular flexibility index (Phi) is 12.0. The molecule has 0 saturated heterocycles. The van der Waals surface area contributed by atoms with Crippen molar-refractivity contribution in [1.29, 1.82) is 0 Å². The molecule has 0 aromatic heterocycles. The number of ketones is 1. The highest BCUT2D eigenvalue weighted by atomic mass is 16.6. The Morgan fingerprint density at radius 1 is 0.880 bits per heavy atom. The number of alkyl carbamates (subject to hydrolysis) is 1. The van der Waals surface area contributed by atoms with E-state index >= 15 is 0 Å². The van der Waals surface area contributed by atoms with Crippen LogP contribution in [0.5, 0.6) is 40.2 Å². The van der Waals surface area contributed by atoms with Crippen molar-refractivity contribution in [3.05, 3.63) is 65.2 Å². The largest absolute Gasteiger partial charge is 0.493 e. The SMILES string of the molecule is COc1ccc(CC2COc3cc(OC)c(OC)c(OC)c3C2=O)cc1OC(=O)[C@H](Cc1ccc(OCC(=O)O)cc1)NC(=O)OC(C)(C)C. The Labute approximate surface area is 289 Å². The molecule has 2 atom stereocenters. The Bertz CT molecular complexity index is 1710. The van der Waals surface area contributed by atoms with Gasteiger partial charge in [0.1, 0.15) is 28.7 Å². The summed E-state index contributed by atoms with van der Waals surface area (Å²) in [6, 6.07) is 11.7. The normalized spacial score (nSPS) is 14.3. The topological polar surface area (TPSA) is 174 Å². The van der Waals surface area contributed by atoms with Gasteiger partial charge in [-0.2, -0.15) is 0 Å². The first-order valence-electron chi connectivity index (χ1n) is 15.6. The van der Waals surface area contributed by atoms with Crippen LogP contribution in [0.15, 0.2) is 48.5 Å². The van der Waals surface area contributed by atoms with E-state index in [2.05, 4.69) is 5.32 Å². The van der Waals surface area contributed by atoms with Gasteiger partial charge in [-0.1, -0.05) is 18.2 Å². The molecule has 0 bridgehead atoms. The minimum absolute atomic E-state index is 0.00268. The molecule has 0 aliphatic carbocycles. The van der Waals surface area contributed by atoms with Crippen LogP contribution in [0, 0.1) is 5.92 Å². The number of benzene rings is 3. The first-order valence-corrected chi connectivity index (χ1v) is 15.6. The molecule has 3 aromatic rings. The van der Waals surface area contributed by atoms with E-state index in [9.17, 15) is 19.2 Å². The van der Waals surface area contributed by atoms with Crippen LogP contribution in [0.2, 0.25) is 0 Å². The van der Waals surface area contributed by atoms with Gasteiger partial charge in [-0.25, -0.2) is 14.4 Å². The van der Waals surface area contributed by atoms with Crippen molar-refractivity contribution in [3.63, 3.8) is 0 Å². The highest BCUT2D eigenvalue weighted by molar-refractivity contribution is 6.05. The summed E-state index contributed by atoms with van der Waals surface area (Å²) in [6.45, 7) is 4.64. The molecule has 1 amide bonds. The van der Waals surface area contributed by atoms with Gasteiger partial charge in [-0.3, -0.25) is 4.79 Å². The third-order valence-electron chi connectivity index (χ3n) is 7.47. The smallest absolute Gasteiger partial charge is 0.408 e. The number of methoxy groups -OCH3 is 4. The van der Waals surface area contributed by atoms with Gasteiger partial charge < -0.3 is 48.3 Å². The van der Waals surface area contributed by atoms with Crippen LogP contribution in [0.1, 0.15) is 42.3 Å². The number of nitrogens with one attached hydrogen (secondary N) is 1.